The second-order valence-corrected chi connectivity index (χ2v) is 7.30. The lowest BCUT2D eigenvalue weighted by Gasteiger charge is -2.39. The third kappa shape index (κ3) is 3.98. The van der Waals surface area contributed by atoms with Crippen LogP contribution in [0.3, 0.4) is 0 Å². The number of likely N-dealkylation sites (tertiary alicyclic amines) is 1. The second kappa shape index (κ2) is 7.23. The summed E-state index contributed by atoms with van der Waals surface area (Å²) in [6.07, 6.45) is 2.10. The molecule has 2 atom stereocenters. The van der Waals surface area contributed by atoms with Gasteiger partial charge in [0.2, 0.25) is 11.8 Å². The number of rotatable bonds is 3. The van der Waals surface area contributed by atoms with Gasteiger partial charge < -0.3 is 14.1 Å². The van der Waals surface area contributed by atoms with E-state index in [4.69, 9.17) is 9.15 Å². The van der Waals surface area contributed by atoms with Crippen molar-refractivity contribution in [2.75, 3.05) is 26.2 Å². The van der Waals surface area contributed by atoms with Crippen molar-refractivity contribution in [2.24, 2.45) is 5.92 Å². The van der Waals surface area contributed by atoms with Crippen LogP contribution in [-0.2, 0) is 16.1 Å². The number of hydrogen-bond donors (Lipinski definition) is 0. The van der Waals surface area contributed by atoms with Crippen LogP contribution < -0.4 is 0 Å². The van der Waals surface area contributed by atoms with Gasteiger partial charge in [0.1, 0.15) is 5.76 Å². The zero-order chi connectivity index (χ0) is 17.3. The summed E-state index contributed by atoms with van der Waals surface area (Å²) in [5.41, 5.74) is 0.964. The molecule has 1 aromatic heterocycles. The van der Waals surface area contributed by atoms with Crippen LogP contribution in [0.5, 0.6) is 0 Å². The Kier molecular flexibility index (Phi) is 5.25. The number of ether oxygens (including phenoxy) is 1. The first-order valence-electron chi connectivity index (χ1n) is 9.02. The number of nitrogens with zero attached hydrogens (tertiary/aromatic N) is 3. The average Bonchev–Trinajstić information content (AvgIpc) is 2.84. The minimum Gasteiger partial charge on any atom is -0.444 e. The molecule has 3 rings (SSSR count). The molecule has 0 saturated carbocycles. The van der Waals surface area contributed by atoms with Crippen molar-refractivity contribution in [2.45, 2.75) is 59.3 Å². The zero-order valence-electron chi connectivity index (χ0n) is 15.2. The predicted octanol–water partition coefficient (Wildman–Crippen LogP) is 2.14. The maximum absolute atomic E-state index is 12.8. The fourth-order valence-corrected chi connectivity index (χ4v) is 3.75. The van der Waals surface area contributed by atoms with E-state index >= 15 is 0 Å². The number of aromatic nitrogens is 1. The lowest BCUT2D eigenvalue weighted by atomic mass is 9.94. The molecule has 2 saturated heterocycles. The molecule has 6 heteroatoms. The summed E-state index contributed by atoms with van der Waals surface area (Å²) < 4.78 is 11.4. The van der Waals surface area contributed by atoms with Crippen LogP contribution in [0.1, 0.15) is 44.0 Å². The molecule has 3 heterocycles. The second-order valence-electron chi connectivity index (χ2n) is 7.30. The first-order chi connectivity index (χ1) is 11.4. The molecule has 0 unspecified atom stereocenters. The predicted molar refractivity (Wildman–Crippen MR) is 90.6 cm³/mol. The number of oxazole rings is 1. The summed E-state index contributed by atoms with van der Waals surface area (Å²) in [5, 5.41) is 0. The van der Waals surface area contributed by atoms with Gasteiger partial charge in [-0.1, -0.05) is 0 Å². The van der Waals surface area contributed by atoms with Gasteiger partial charge in [-0.25, -0.2) is 4.98 Å². The lowest BCUT2D eigenvalue weighted by molar-refractivity contribution is -0.148. The fraction of sp³-hybridized carbons (Fsp3) is 0.778. The van der Waals surface area contributed by atoms with Crippen LogP contribution in [-0.4, -0.2) is 59.1 Å². The molecule has 2 aliphatic heterocycles. The lowest BCUT2D eigenvalue weighted by Crippen LogP contribution is -2.51. The molecule has 1 aromatic rings. The van der Waals surface area contributed by atoms with Gasteiger partial charge in [0, 0.05) is 19.0 Å². The average molecular weight is 335 g/mol. The monoisotopic (exact) mass is 335 g/mol. The Balaban J connectivity index is 1.50. The summed E-state index contributed by atoms with van der Waals surface area (Å²) in [6, 6.07) is 0. The summed E-state index contributed by atoms with van der Waals surface area (Å²) in [5.74, 6) is 2.13. The SMILES string of the molecule is Cc1nc(CN2CCC(C(=O)N3C[C@@H](C)O[C@H](C)C3)CC2)oc1C. The number of carbonyl (C=O) groups is 1. The van der Waals surface area contributed by atoms with Crippen LogP contribution in [0.15, 0.2) is 4.42 Å². The Morgan fingerprint density at radius 2 is 1.79 bits per heavy atom. The Labute approximate surface area is 144 Å². The molecule has 0 N–H and O–H groups in total. The third-order valence-corrected chi connectivity index (χ3v) is 5.10. The molecule has 0 spiro atoms. The van der Waals surface area contributed by atoms with Crippen molar-refractivity contribution in [1.29, 1.82) is 0 Å². The van der Waals surface area contributed by atoms with Crippen LogP contribution >= 0.6 is 0 Å². The van der Waals surface area contributed by atoms with Gasteiger partial charge in [-0.3, -0.25) is 9.69 Å². The van der Waals surface area contributed by atoms with Gasteiger partial charge in [0.15, 0.2) is 0 Å². The van der Waals surface area contributed by atoms with E-state index in [9.17, 15) is 4.79 Å². The van der Waals surface area contributed by atoms with Crippen molar-refractivity contribution in [3.63, 3.8) is 0 Å². The maximum atomic E-state index is 12.8. The number of aryl methyl sites for hydroxylation is 2. The molecule has 0 aliphatic carbocycles. The Hall–Kier alpha value is -1.40. The maximum Gasteiger partial charge on any atom is 0.225 e. The molecule has 0 radical (unpaired) electrons. The Morgan fingerprint density at radius 1 is 1.17 bits per heavy atom. The van der Waals surface area contributed by atoms with Gasteiger partial charge >= 0.3 is 0 Å². The first-order valence-corrected chi connectivity index (χ1v) is 9.02. The van der Waals surface area contributed by atoms with Crippen molar-refractivity contribution >= 4 is 5.91 Å². The molecule has 0 bridgehead atoms. The van der Waals surface area contributed by atoms with E-state index in [2.05, 4.69) is 9.88 Å². The van der Waals surface area contributed by atoms with Gasteiger partial charge in [-0.05, 0) is 53.6 Å². The van der Waals surface area contributed by atoms with Gasteiger partial charge in [-0.2, -0.15) is 0 Å². The molecule has 134 valence electrons. The molecule has 1 amide bonds. The Morgan fingerprint density at radius 3 is 2.33 bits per heavy atom. The van der Waals surface area contributed by atoms with Gasteiger partial charge in [0.25, 0.3) is 0 Å². The molecular weight excluding hydrogens is 306 g/mol. The summed E-state index contributed by atoms with van der Waals surface area (Å²) in [4.78, 5) is 21.6. The number of carbonyl (C=O) groups excluding carboxylic acids is 1. The van der Waals surface area contributed by atoms with Crippen molar-refractivity contribution in [3.8, 4) is 0 Å². The summed E-state index contributed by atoms with van der Waals surface area (Å²) >= 11 is 0. The third-order valence-electron chi connectivity index (χ3n) is 5.10. The van der Waals surface area contributed by atoms with E-state index in [1.165, 1.54) is 0 Å². The topological polar surface area (TPSA) is 58.8 Å². The smallest absolute Gasteiger partial charge is 0.225 e. The first kappa shape index (κ1) is 17.4. The molecular formula is C18H29N3O3. The number of amides is 1. The highest BCUT2D eigenvalue weighted by molar-refractivity contribution is 5.79. The minimum atomic E-state index is 0.134. The standard InChI is InChI=1S/C18H29N3O3/c1-12-9-21(10-13(2)23-12)18(22)16-5-7-20(8-6-16)11-17-19-14(3)15(4)24-17/h12-13,16H,5-11H2,1-4H3/t12-,13-/m1/s1. The quantitative estimate of drug-likeness (QED) is 0.847. The normalized spacial score (nSPS) is 26.8. The highest BCUT2D eigenvalue weighted by atomic mass is 16.5. The van der Waals surface area contributed by atoms with Crippen molar-refractivity contribution in [1.82, 2.24) is 14.8 Å². The van der Waals surface area contributed by atoms with Crippen LogP contribution in [0.25, 0.3) is 0 Å². The number of piperidine rings is 1. The largest absolute Gasteiger partial charge is 0.444 e. The fourth-order valence-electron chi connectivity index (χ4n) is 3.75. The molecule has 2 fully saturated rings. The van der Waals surface area contributed by atoms with E-state index in [1.807, 2.05) is 32.6 Å². The summed E-state index contributed by atoms with van der Waals surface area (Å²) in [7, 11) is 0. The molecule has 6 nitrogen and oxygen atoms in total. The number of hydrogen-bond acceptors (Lipinski definition) is 5. The summed E-state index contributed by atoms with van der Waals surface area (Å²) in [6.45, 7) is 12.0. The zero-order valence-corrected chi connectivity index (χ0v) is 15.2. The van der Waals surface area contributed by atoms with Gasteiger partial charge in [0.05, 0.1) is 24.4 Å². The van der Waals surface area contributed by atoms with Crippen LogP contribution in [0.2, 0.25) is 0 Å². The van der Waals surface area contributed by atoms with Gasteiger partial charge in [-0.15, -0.1) is 0 Å². The van der Waals surface area contributed by atoms with Crippen LogP contribution in [0, 0.1) is 19.8 Å². The van der Waals surface area contributed by atoms with E-state index < -0.39 is 0 Å². The molecule has 2 aliphatic rings. The van der Waals surface area contributed by atoms with E-state index in [1.54, 1.807) is 0 Å². The molecule has 24 heavy (non-hydrogen) atoms. The van der Waals surface area contributed by atoms with E-state index in [0.717, 1.165) is 62.9 Å². The van der Waals surface area contributed by atoms with E-state index in [-0.39, 0.29) is 18.1 Å². The highest BCUT2D eigenvalue weighted by Crippen LogP contribution is 2.23. The van der Waals surface area contributed by atoms with Crippen LogP contribution in [0.4, 0.5) is 0 Å². The highest BCUT2D eigenvalue weighted by Gasteiger charge is 2.32. The molecule has 0 aromatic carbocycles. The van der Waals surface area contributed by atoms with E-state index in [0.29, 0.717) is 5.91 Å². The minimum absolute atomic E-state index is 0.134. The van der Waals surface area contributed by atoms with Crippen molar-refractivity contribution in [3.05, 3.63) is 17.3 Å². The Bertz CT molecular complexity index is 549. The van der Waals surface area contributed by atoms with Crippen molar-refractivity contribution < 1.29 is 13.9 Å². The number of morpholine rings is 1.